The Balaban J connectivity index is 1.34. The molecular formula is C22H27N3O3S. The number of hydrogen-bond acceptors (Lipinski definition) is 4. The van der Waals surface area contributed by atoms with Crippen molar-refractivity contribution in [2.24, 2.45) is 0 Å². The molecule has 154 valence electrons. The van der Waals surface area contributed by atoms with E-state index in [1.807, 2.05) is 42.5 Å². The Kier molecular flexibility index (Phi) is 5.61. The molecule has 4 rings (SSSR count). The molecule has 1 saturated heterocycles. The smallest absolute Gasteiger partial charge is 0.242 e. The predicted octanol–water partition coefficient (Wildman–Crippen LogP) is 2.11. The van der Waals surface area contributed by atoms with E-state index in [-0.39, 0.29) is 11.7 Å². The summed E-state index contributed by atoms with van der Waals surface area (Å²) in [5.74, 6) is 0.0674. The van der Waals surface area contributed by atoms with Crippen molar-refractivity contribution in [3.63, 3.8) is 0 Å². The minimum atomic E-state index is -3.37. The first-order valence-electron chi connectivity index (χ1n) is 10.1. The highest BCUT2D eigenvalue weighted by molar-refractivity contribution is 7.88. The summed E-state index contributed by atoms with van der Waals surface area (Å²) in [6.45, 7) is 4.07. The summed E-state index contributed by atoms with van der Waals surface area (Å²) in [5.41, 5.74) is 3.20. The number of anilines is 1. The van der Waals surface area contributed by atoms with Crippen LogP contribution in [0.25, 0.3) is 0 Å². The largest absolute Gasteiger partial charge is 0.359 e. The number of benzene rings is 2. The molecule has 1 atom stereocenters. The zero-order chi connectivity index (χ0) is 20.4. The van der Waals surface area contributed by atoms with Gasteiger partial charge in [-0.25, -0.2) is 8.42 Å². The molecule has 2 aliphatic rings. The fourth-order valence-corrected chi connectivity index (χ4v) is 5.72. The standard InChI is InChI=1S/C22H27N3O3S/c1-18-15-20-9-5-6-10-21(20)25(18)16-22(26)23-11-13-24(14-12-23)29(27,28)17-19-7-3-2-4-8-19/h2-10,18H,11-17H2,1H3/t18-/m0/s1. The van der Waals surface area contributed by atoms with Crippen LogP contribution in [0.5, 0.6) is 0 Å². The minimum absolute atomic E-state index is 0.00383. The van der Waals surface area contributed by atoms with Crippen LogP contribution in [0.15, 0.2) is 54.6 Å². The van der Waals surface area contributed by atoms with E-state index in [2.05, 4.69) is 24.0 Å². The summed E-state index contributed by atoms with van der Waals surface area (Å²) in [6.07, 6.45) is 0.953. The molecule has 2 aliphatic heterocycles. The number of fused-ring (bicyclic) bond motifs is 1. The third kappa shape index (κ3) is 4.31. The van der Waals surface area contributed by atoms with Gasteiger partial charge in [-0.15, -0.1) is 0 Å². The summed E-state index contributed by atoms with van der Waals surface area (Å²) in [5, 5.41) is 0. The maximum atomic E-state index is 12.9. The number of amides is 1. The predicted molar refractivity (Wildman–Crippen MR) is 114 cm³/mol. The topological polar surface area (TPSA) is 60.9 Å². The highest BCUT2D eigenvalue weighted by Gasteiger charge is 2.32. The Morgan fingerprint density at radius 2 is 1.62 bits per heavy atom. The second-order valence-electron chi connectivity index (χ2n) is 7.83. The minimum Gasteiger partial charge on any atom is -0.359 e. The fraction of sp³-hybridized carbons (Fsp3) is 0.409. The second-order valence-corrected chi connectivity index (χ2v) is 9.80. The molecule has 6 nitrogen and oxygen atoms in total. The van der Waals surface area contributed by atoms with Gasteiger partial charge >= 0.3 is 0 Å². The van der Waals surface area contributed by atoms with Crippen molar-refractivity contribution in [1.29, 1.82) is 0 Å². The molecule has 0 bridgehead atoms. The first kappa shape index (κ1) is 19.9. The van der Waals surface area contributed by atoms with Crippen LogP contribution in [-0.2, 0) is 27.0 Å². The number of para-hydroxylation sites is 1. The van der Waals surface area contributed by atoms with Gasteiger partial charge in [-0.05, 0) is 30.5 Å². The Morgan fingerprint density at radius 1 is 0.966 bits per heavy atom. The molecule has 1 fully saturated rings. The van der Waals surface area contributed by atoms with Gasteiger partial charge in [0.1, 0.15) is 0 Å². The van der Waals surface area contributed by atoms with Crippen LogP contribution in [0.4, 0.5) is 5.69 Å². The molecule has 2 heterocycles. The summed E-state index contributed by atoms with van der Waals surface area (Å²) >= 11 is 0. The van der Waals surface area contributed by atoms with Gasteiger partial charge in [0.05, 0.1) is 12.3 Å². The van der Waals surface area contributed by atoms with Crippen LogP contribution in [0.1, 0.15) is 18.1 Å². The highest BCUT2D eigenvalue weighted by atomic mass is 32.2. The summed E-state index contributed by atoms with van der Waals surface area (Å²) in [7, 11) is -3.37. The third-order valence-electron chi connectivity index (χ3n) is 5.83. The van der Waals surface area contributed by atoms with E-state index in [1.165, 1.54) is 9.87 Å². The normalized spacial score (nSPS) is 20.0. The molecule has 2 aromatic rings. The van der Waals surface area contributed by atoms with Gasteiger partial charge in [0.2, 0.25) is 15.9 Å². The fourth-order valence-electron chi connectivity index (χ4n) is 4.21. The van der Waals surface area contributed by atoms with Crippen molar-refractivity contribution in [2.45, 2.75) is 25.1 Å². The number of hydrogen-bond donors (Lipinski definition) is 0. The van der Waals surface area contributed by atoms with Crippen LogP contribution in [-0.4, -0.2) is 62.3 Å². The SMILES string of the molecule is C[C@H]1Cc2ccccc2N1CC(=O)N1CCN(S(=O)(=O)Cc2ccccc2)CC1. The lowest BCUT2D eigenvalue weighted by Crippen LogP contribution is -2.53. The van der Waals surface area contributed by atoms with Crippen molar-refractivity contribution >= 4 is 21.6 Å². The molecule has 1 amide bonds. The first-order valence-corrected chi connectivity index (χ1v) is 11.7. The molecule has 2 aromatic carbocycles. The van der Waals surface area contributed by atoms with E-state index in [9.17, 15) is 13.2 Å². The number of sulfonamides is 1. The summed E-state index contributed by atoms with van der Waals surface area (Å²) in [6, 6.07) is 17.7. The van der Waals surface area contributed by atoms with E-state index < -0.39 is 10.0 Å². The van der Waals surface area contributed by atoms with Crippen molar-refractivity contribution in [2.75, 3.05) is 37.6 Å². The molecule has 0 spiro atoms. The zero-order valence-corrected chi connectivity index (χ0v) is 17.5. The first-order chi connectivity index (χ1) is 13.9. The van der Waals surface area contributed by atoms with E-state index in [0.717, 1.165) is 17.7 Å². The Morgan fingerprint density at radius 3 is 2.34 bits per heavy atom. The average molecular weight is 414 g/mol. The Bertz CT molecular complexity index is 970. The van der Waals surface area contributed by atoms with Gasteiger partial charge in [0.25, 0.3) is 0 Å². The van der Waals surface area contributed by atoms with Crippen molar-refractivity contribution in [3.8, 4) is 0 Å². The number of carbonyl (C=O) groups excluding carboxylic acids is 1. The molecule has 29 heavy (non-hydrogen) atoms. The van der Waals surface area contributed by atoms with Gasteiger partial charge in [-0.1, -0.05) is 48.5 Å². The summed E-state index contributed by atoms with van der Waals surface area (Å²) < 4.78 is 26.9. The monoisotopic (exact) mass is 413 g/mol. The van der Waals surface area contributed by atoms with Crippen LogP contribution in [0.3, 0.4) is 0 Å². The van der Waals surface area contributed by atoms with Gasteiger partial charge in [0.15, 0.2) is 0 Å². The van der Waals surface area contributed by atoms with Crippen LogP contribution < -0.4 is 4.90 Å². The number of piperazine rings is 1. The lowest BCUT2D eigenvalue weighted by atomic mass is 10.1. The number of carbonyl (C=O) groups is 1. The van der Waals surface area contributed by atoms with E-state index in [0.29, 0.717) is 38.8 Å². The quantitative estimate of drug-likeness (QED) is 0.753. The molecule has 0 aliphatic carbocycles. The molecule has 0 saturated carbocycles. The Hall–Kier alpha value is -2.38. The maximum Gasteiger partial charge on any atom is 0.242 e. The average Bonchev–Trinajstić information content (AvgIpc) is 3.04. The van der Waals surface area contributed by atoms with Crippen molar-refractivity contribution in [1.82, 2.24) is 9.21 Å². The van der Waals surface area contributed by atoms with Gasteiger partial charge in [0, 0.05) is 37.9 Å². The van der Waals surface area contributed by atoms with E-state index in [1.54, 1.807) is 4.90 Å². The summed E-state index contributed by atoms with van der Waals surface area (Å²) in [4.78, 5) is 16.8. The highest BCUT2D eigenvalue weighted by Crippen LogP contribution is 2.31. The van der Waals surface area contributed by atoms with E-state index in [4.69, 9.17) is 0 Å². The van der Waals surface area contributed by atoms with Crippen molar-refractivity contribution in [3.05, 3.63) is 65.7 Å². The van der Waals surface area contributed by atoms with Crippen LogP contribution >= 0.6 is 0 Å². The number of rotatable bonds is 5. The second kappa shape index (κ2) is 8.16. The third-order valence-corrected chi connectivity index (χ3v) is 7.68. The van der Waals surface area contributed by atoms with Gasteiger partial charge in [-0.3, -0.25) is 4.79 Å². The van der Waals surface area contributed by atoms with Gasteiger partial charge in [-0.2, -0.15) is 4.31 Å². The molecule has 0 unspecified atom stereocenters. The molecule has 0 N–H and O–H groups in total. The van der Waals surface area contributed by atoms with Crippen LogP contribution in [0.2, 0.25) is 0 Å². The maximum absolute atomic E-state index is 12.9. The lowest BCUT2D eigenvalue weighted by Gasteiger charge is -2.35. The lowest BCUT2D eigenvalue weighted by molar-refractivity contribution is -0.130. The molecule has 0 aromatic heterocycles. The number of nitrogens with zero attached hydrogens (tertiary/aromatic N) is 3. The molecule has 0 radical (unpaired) electrons. The zero-order valence-electron chi connectivity index (χ0n) is 16.7. The van der Waals surface area contributed by atoms with E-state index >= 15 is 0 Å². The molecule has 7 heteroatoms. The van der Waals surface area contributed by atoms with Crippen LogP contribution in [0, 0.1) is 0 Å². The Labute approximate surface area is 172 Å². The van der Waals surface area contributed by atoms with Crippen molar-refractivity contribution < 1.29 is 13.2 Å². The molecular weight excluding hydrogens is 386 g/mol. The van der Waals surface area contributed by atoms with Gasteiger partial charge < -0.3 is 9.80 Å².